The van der Waals surface area contributed by atoms with Crippen molar-refractivity contribution >= 4 is 29.6 Å². The van der Waals surface area contributed by atoms with Gasteiger partial charge in [-0.05, 0) is 32.9 Å². The number of aromatic nitrogens is 2. The highest BCUT2D eigenvalue weighted by Crippen LogP contribution is 2.18. The van der Waals surface area contributed by atoms with Gasteiger partial charge >= 0.3 is 12.1 Å². The molecule has 11 heteroatoms. The number of nitrogens with zero attached hydrogens (tertiary/aromatic N) is 2. The van der Waals surface area contributed by atoms with Crippen molar-refractivity contribution in [1.29, 1.82) is 0 Å². The van der Waals surface area contributed by atoms with Crippen molar-refractivity contribution in [2.24, 2.45) is 0 Å². The summed E-state index contributed by atoms with van der Waals surface area (Å²) in [5.74, 6) is 0.606. The van der Waals surface area contributed by atoms with Gasteiger partial charge in [-0.3, -0.25) is 4.79 Å². The zero-order chi connectivity index (χ0) is 24.3. The second-order valence-corrected chi connectivity index (χ2v) is 8.25. The van der Waals surface area contributed by atoms with Gasteiger partial charge in [0, 0.05) is 12.6 Å². The molecule has 2 aromatic rings. The monoisotopic (exact) mass is 480 g/mol. The number of alkyl carbamates (subject to hydrolysis) is 1. The number of rotatable bonds is 11. The second kappa shape index (κ2) is 12.7. The third-order valence-corrected chi connectivity index (χ3v) is 4.08. The van der Waals surface area contributed by atoms with Crippen molar-refractivity contribution in [3.63, 3.8) is 0 Å². The van der Waals surface area contributed by atoms with Crippen LogP contribution in [0, 0.1) is 0 Å². The van der Waals surface area contributed by atoms with Gasteiger partial charge < -0.3 is 29.6 Å². The molecule has 0 aliphatic carbocycles. The van der Waals surface area contributed by atoms with Crippen molar-refractivity contribution < 1.29 is 28.5 Å². The van der Waals surface area contributed by atoms with Gasteiger partial charge in [-0.15, -0.1) is 0 Å². The van der Waals surface area contributed by atoms with Gasteiger partial charge in [-0.25, -0.2) is 9.78 Å². The standard InChI is InChI=1S/C22H29ClN4O6/c1-22(2,3)33-21(29)24-14-15(12-19(28)30-4)25-20-26-17(23)13-18(27-20)32-11-10-31-16-8-6-5-7-9-16/h5-9,13,15H,10-12,14H2,1-4H3,(H,24,29)(H,25,26,27)/t15-/m1/s1. The Morgan fingerprint density at radius 1 is 1.09 bits per heavy atom. The molecular weight excluding hydrogens is 452 g/mol. The maximum absolute atomic E-state index is 12.0. The number of nitrogens with one attached hydrogen (secondary N) is 2. The summed E-state index contributed by atoms with van der Waals surface area (Å²) in [4.78, 5) is 32.1. The molecule has 0 spiro atoms. The van der Waals surface area contributed by atoms with Crippen molar-refractivity contribution in [2.75, 3.05) is 32.2 Å². The van der Waals surface area contributed by atoms with Crippen LogP contribution in [0.2, 0.25) is 5.15 Å². The lowest BCUT2D eigenvalue weighted by Crippen LogP contribution is -2.40. The summed E-state index contributed by atoms with van der Waals surface area (Å²) in [7, 11) is 1.28. The number of ether oxygens (including phenoxy) is 4. The third kappa shape index (κ3) is 10.7. The predicted molar refractivity (Wildman–Crippen MR) is 123 cm³/mol. The first-order valence-electron chi connectivity index (χ1n) is 10.3. The van der Waals surface area contributed by atoms with Gasteiger partial charge in [0.05, 0.1) is 19.6 Å². The summed E-state index contributed by atoms with van der Waals surface area (Å²) in [6, 6.07) is 10.2. The molecule has 1 atom stereocenters. The van der Waals surface area contributed by atoms with E-state index in [0.29, 0.717) is 6.61 Å². The van der Waals surface area contributed by atoms with E-state index in [1.54, 1.807) is 20.8 Å². The van der Waals surface area contributed by atoms with E-state index in [9.17, 15) is 9.59 Å². The van der Waals surface area contributed by atoms with E-state index in [2.05, 4.69) is 20.6 Å². The Morgan fingerprint density at radius 3 is 2.45 bits per heavy atom. The molecule has 0 saturated heterocycles. The number of anilines is 1. The van der Waals surface area contributed by atoms with Gasteiger partial charge in [0.25, 0.3) is 0 Å². The third-order valence-electron chi connectivity index (χ3n) is 3.88. The van der Waals surface area contributed by atoms with Crippen molar-refractivity contribution in [1.82, 2.24) is 15.3 Å². The van der Waals surface area contributed by atoms with E-state index >= 15 is 0 Å². The number of methoxy groups -OCH3 is 1. The first-order chi connectivity index (χ1) is 15.6. The SMILES string of the molecule is COC(=O)C[C@H](CNC(=O)OC(C)(C)C)Nc1nc(Cl)cc(OCCOc2ccccc2)n1. The maximum Gasteiger partial charge on any atom is 0.407 e. The lowest BCUT2D eigenvalue weighted by Gasteiger charge is -2.22. The Morgan fingerprint density at radius 2 is 1.79 bits per heavy atom. The molecule has 1 amide bonds. The number of esters is 1. The predicted octanol–water partition coefficient (Wildman–Crippen LogP) is 3.46. The van der Waals surface area contributed by atoms with E-state index < -0.39 is 23.7 Å². The molecule has 0 radical (unpaired) electrons. The van der Waals surface area contributed by atoms with Gasteiger partial charge in [0.2, 0.25) is 11.8 Å². The molecule has 0 bridgehead atoms. The Hall–Kier alpha value is -3.27. The number of carbonyl (C=O) groups is 2. The number of benzene rings is 1. The fraction of sp³-hybridized carbons (Fsp3) is 0.455. The number of para-hydroxylation sites is 1. The molecule has 0 aliphatic rings. The average molecular weight is 481 g/mol. The summed E-state index contributed by atoms with van der Waals surface area (Å²) in [5, 5.41) is 5.72. The maximum atomic E-state index is 12.0. The van der Waals surface area contributed by atoms with Gasteiger partial charge in [-0.2, -0.15) is 4.98 Å². The molecule has 1 heterocycles. The fourth-order valence-electron chi connectivity index (χ4n) is 2.52. The number of amides is 1. The van der Waals surface area contributed by atoms with E-state index in [-0.39, 0.29) is 36.6 Å². The zero-order valence-electron chi connectivity index (χ0n) is 19.1. The zero-order valence-corrected chi connectivity index (χ0v) is 19.8. The topological polar surface area (TPSA) is 121 Å². The lowest BCUT2D eigenvalue weighted by atomic mass is 10.2. The van der Waals surface area contributed by atoms with E-state index in [1.165, 1.54) is 13.2 Å². The first kappa shape index (κ1) is 26.0. The fourth-order valence-corrected chi connectivity index (χ4v) is 2.69. The highest BCUT2D eigenvalue weighted by molar-refractivity contribution is 6.29. The van der Waals surface area contributed by atoms with Gasteiger partial charge in [0.15, 0.2) is 0 Å². The molecular formula is C22H29ClN4O6. The Bertz CT molecular complexity index is 908. The van der Waals surface area contributed by atoms with Gasteiger partial charge in [0.1, 0.15) is 29.7 Å². The molecule has 33 heavy (non-hydrogen) atoms. The number of hydrogen-bond donors (Lipinski definition) is 2. The smallest absolute Gasteiger partial charge is 0.407 e. The molecule has 0 fully saturated rings. The minimum atomic E-state index is -0.651. The largest absolute Gasteiger partial charge is 0.490 e. The Balaban J connectivity index is 1.95. The van der Waals surface area contributed by atoms with Crippen LogP contribution >= 0.6 is 11.6 Å². The van der Waals surface area contributed by atoms with Crippen LogP contribution in [0.25, 0.3) is 0 Å². The Kier molecular flexibility index (Phi) is 9.99. The van der Waals surface area contributed by atoms with Crippen LogP contribution in [-0.4, -0.2) is 60.5 Å². The molecule has 0 aliphatic heterocycles. The van der Waals surface area contributed by atoms with Crippen LogP contribution in [-0.2, 0) is 14.3 Å². The number of hydrogen-bond acceptors (Lipinski definition) is 9. The van der Waals surface area contributed by atoms with Crippen LogP contribution in [0.1, 0.15) is 27.2 Å². The summed E-state index contributed by atoms with van der Waals surface area (Å²) in [6.45, 7) is 5.85. The summed E-state index contributed by atoms with van der Waals surface area (Å²) >= 11 is 6.09. The molecule has 0 saturated carbocycles. The summed E-state index contributed by atoms with van der Waals surface area (Å²) < 4.78 is 21.1. The van der Waals surface area contributed by atoms with E-state index in [1.807, 2.05) is 30.3 Å². The Labute approximate surface area is 197 Å². The average Bonchev–Trinajstić information content (AvgIpc) is 2.74. The minimum absolute atomic E-state index is 0.0523. The van der Waals surface area contributed by atoms with E-state index in [4.69, 9.17) is 30.5 Å². The highest BCUT2D eigenvalue weighted by Gasteiger charge is 2.20. The van der Waals surface area contributed by atoms with E-state index in [0.717, 1.165) is 5.75 Å². The lowest BCUT2D eigenvalue weighted by molar-refractivity contribution is -0.140. The molecule has 2 rings (SSSR count). The van der Waals surface area contributed by atoms with Gasteiger partial charge in [-0.1, -0.05) is 29.8 Å². The summed E-state index contributed by atoms with van der Waals surface area (Å²) in [5.41, 5.74) is -0.651. The highest BCUT2D eigenvalue weighted by atomic mass is 35.5. The van der Waals surface area contributed by atoms with Crippen LogP contribution < -0.4 is 20.1 Å². The first-order valence-corrected chi connectivity index (χ1v) is 10.7. The number of carbonyl (C=O) groups excluding carboxylic acids is 2. The minimum Gasteiger partial charge on any atom is -0.490 e. The quantitative estimate of drug-likeness (QED) is 0.283. The summed E-state index contributed by atoms with van der Waals surface area (Å²) in [6.07, 6.45) is -0.669. The van der Waals surface area contributed by atoms with Crippen molar-refractivity contribution in [3.05, 3.63) is 41.6 Å². The molecule has 10 nitrogen and oxygen atoms in total. The van der Waals surface area contributed by atoms with Crippen LogP contribution in [0.3, 0.4) is 0 Å². The normalized spacial score (nSPS) is 11.8. The molecule has 2 N–H and O–H groups in total. The molecule has 0 unspecified atom stereocenters. The molecule has 1 aromatic heterocycles. The number of halogens is 1. The van der Waals surface area contributed by atoms with Crippen LogP contribution in [0.4, 0.5) is 10.7 Å². The van der Waals surface area contributed by atoms with Crippen LogP contribution in [0.5, 0.6) is 11.6 Å². The van der Waals surface area contributed by atoms with Crippen LogP contribution in [0.15, 0.2) is 36.4 Å². The van der Waals surface area contributed by atoms with Crippen molar-refractivity contribution in [2.45, 2.75) is 38.8 Å². The molecule has 1 aromatic carbocycles. The molecule has 180 valence electrons. The second-order valence-electron chi connectivity index (χ2n) is 7.87. The van der Waals surface area contributed by atoms with Crippen molar-refractivity contribution in [3.8, 4) is 11.6 Å².